The van der Waals surface area contributed by atoms with Gasteiger partial charge in [0.25, 0.3) is 0 Å². The summed E-state index contributed by atoms with van der Waals surface area (Å²) in [5.74, 6) is 1.28. The van der Waals surface area contributed by atoms with Crippen LogP contribution in [0.3, 0.4) is 0 Å². The van der Waals surface area contributed by atoms with Crippen LogP contribution in [0.15, 0.2) is 78.6 Å². The highest BCUT2D eigenvalue weighted by Gasteiger charge is 2.04. The van der Waals surface area contributed by atoms with E-state index in [1.165, 1.54) is 0 Å². The molecule has 0 saturated carbocycles. The summed E-state index contributed by atoms with van der Waals surface area (Å²) in [4.78, 5) is 0. The molecule has 0 atom stereocenters. The minimum atomic E-state index is 0.457. The number of rotatable bonds is 7. The van der Waals surface area contributed by atoms with Gasteiger partial charge in [0, 0.05) is 0 Å². The lowest BCUT2D eigenvalue weighted by Crippen LogP contribution is -2.02. The van der Waals surface area contributed by atoms with Gasteiger partial charge < -0.3 is 10.1 Å². The summed E-state index contributed by atoms with van der Waals surface area (Å²) >= 11 is 0. The summed E-state index contributed by atoms with van der Waals surface area (Å²) in [5.41, 5.74) is 2.09. The summed E-state index contributed by atoms with van der Waals surface area (Å²) in [6, 6.07) is 9.49. The van der Waals surface area contributed by atoms with Gasteiger partial charge in [-0.05, 0) is 48.8 Å². The molecule has 2 nitrogen and oxygen atoms in total. The zero-order valence-corrected chi connectivity index (χ0v) is 12.1. The van der Waals surface area contributed by atoms with Crippen LogP contribution in [0.2, 0.25) is 0 Å². The first-order valence-corrected chi connectivity index (χ1v) is 6.61. The molecule has 1 aromatic carbocycles. The van der Waals surface area contributed by atoms with Gasteiger partial charge in [-0.15, -0.1) is 0 Å². The fourth-order valence-corrected chi connectivity index (χ4v) is 1.56. The quantitative estimate of drug-likeness (QED) is 0.417. The van der Waals surface area contributed by atoms with E-state index >= 15 is 0 Å². The molecular formula is C18H21NO. The van der Waals surface area contributed by atoms with Crippen molar-refractivity contribution in [2.75, 3.05) is 0 Å². The third kappa shape index (κ3) is 4.73. The van der Waals surface area contributed by atoms with Crippen LogP contribution in [0.4, 0.5) is 0 Å². The van der Waals surface area contributed by atoms with Crippen molar-refractivity contribution >= 4 is 5.71 Å². The fourth-order valence-electron chi connectivity index (χ4n) is 1.56. The molecule has 1 N–H and O–H groups in total. The third-order valence-corrected chi connectivity index (χ3v) is 2.82. The number of hydrogen-bond donors (Lipinski definition) is 1. The summed E-state index contributed by atoms with van der Waals surface area (Å²) in [6.07, 6.45) is 6.25. The van der Waals surface area contributed by atoms with E-state index in [2.05, 4.69) is 13.2 Å². The van der Waals surface area contributed by atoms with Crippen LogP contribution in [0, 0.1) is 5.41 Å². The van der Waals surface area contributed by atoms with Crippen molar-refractivity contribution in [2.45, 2.75) is 20.3 Å². The highest BCUT2D eigenvalue weighted by molar-refractivity contribution is 6.11. The zero-order valence-electron chi connectivity index (χ0n) is 12.1. The Balaban J connectivity index is 2.68. The molecule has 0 radical (unpaired) electrons. The summed E-state index contributed by atoms with van der Waals surface area (Å²) in [5, 5.41) is 8.03. The molecule has 0 bridgehead atoms. The van der Waals surface area contributed by atoms with Gasteiger partial charge in [-0.3, -0.25) is 0 Å². The first-order chi connectivity index (χ1) is 9.58. The molecule has 0 unspecified atom stereocenters. The van der Waals surface area contributed by atoms with Gasteiger partial charge in [-0.25, -0.2) is 0 Å². The van der Waals surface area contributed by atoms with Gasteiger partial charge in [0.2, 0.25) is 0 Å². The Morgan fingerprint density at radius 2 is 1.85 bits per heavy atom. The van der Waals surface area contributed by atoms with E-state index < -0.39 is 0 Å². The molecule has 104 valence electrons. The lowest BCUT2D eigenvalue weighted by Gasteiger charge is -2.07. The van der Waals surface area contributed by atoms with Crippen LogP contribution in [-0.4, -0.2) is 5.71 Å². The summed E-state index contributed by atoms with van der Waals surface area (Å²) < 4.78 is 5.57. The van der Waals surface area contributed by atoms with E-state index in [1.54, 1.807) is 6.08 Å². The predicted octanol–water partition coefficient (Wildman–Crippen LogP) is 5.07. The van der Waals surface area contributed by atoms with Crippen molar-refractivity contribution in [2.24, 2.45) is 0 Å². The van der Waals surface area contributed by atoms with Crippen LogP contribution < -0.4 is 4.74 Å². The maximum Gasteiger partial charge on any atom is 0.127 e. The normalized spacial score (nSPS) is 11.4. The Hall–Kier alpha value is -2.35. The van der Waals surface area contributed by atoms with Gasteiger partial charge in [-0.1, -0.05) is 44.4 Å². The fraction of sp³-hybridized carbons (Fsp3) is 0.167. The van der Waals surface area contributed by atoms with E-state index in [1.807, 2.05) is 56.3 Å². The molecule has 0 saturated heterocycles. The minimum Gasteiger partial charge on any atom is -0.458 e. The number of ether oxygens (including phenoxy) is 1. The van der Waals surface area contributed by atoms with Crippen LogP contribution in [0.1, 0.15) is 20.3 Å². The van der Waals surface area contributed by atoms with Crippen LogP contribution in [0.25, 0.3) is 0 Å². The topological polar surface area (TPSA) is 33.1 Å². The molecule has 0 aliphatic heterocycles. The molecular weight excluding hydrogens is 246 g/mol. The highest BCUT2D eigenvalue weighted by Crippen LogP contribution is 2.14. The van der Waals surface area contributed by atoms with Crippen molar-refractivity contribution < 1.29 is 4.74 Å². The molecule has 0 aliphatic carbocycles. The number of allylic oxidation sites excluding steroid dienone is 5. The molecule has 0 aliphatic rings. The van der Waals surface area contributed by atoms with Crippen molar-refractivity contribution in [3.63, 3.8) is 0 Å². The Morgan fingerprint density at radius 1 is 1.20 bits per heavy atom. The van der Waals surface area contributed by atoms with Crippen molar-refractivity contribution in [3.8, 4) is 5.75 Å². The Labute approximate surface area is 121 Å². The van der Waals surface area contributed by atoms with Crippen molar-refractivity contribution in [3.05, 3.63) is 78.6 Å². The van der Waals surface area contributed by atoms with E-state index in [9.17, 15) is 0 Å². The summed E-state index contributed by atoms with van der Waals surface area (Å²) in [7, 11) is 0. The van der Waals surface area contributed by atoms with Gasteiger partial charge in [0.15, 0.2) is 0 Å². The SMILES string of the molecule is C=C(/C=C\C(=C/C)C(=N)C(=C)CC)Oc1ccccc1. The minimum absolute atomic E-state index is 0.457. The second-order valence-corrected chi connectivity index (χ2v) is 4.29. The lowest BCUT2D eigenvalue weighted by atomic mass is 10.0. The first-order valence-electron chi connectivity index (χ1n) is 6.61. The van der Waals surface area contributed by atoms with Gasteiger partial charge in [-0.2, -0.15) is 0 Å². The van der Waals surface area contributed by atoms with Gasteiger partial charge in [0.1, 0.15) is 11.5 Å². The second kappa shape index (κ2) is 7.95. The lowest BCUT2D eigenvalue weighted by molar-refractivity contribution is 0.447. The molecule has 2 heteroatoms. The smallest absolute Gasteiger partial charge is 0.127 e. The van der Waals surface area contributed by atoms with Crippen LogP contribution in [-0.2, 0) is 0 Å². The highest BCUT2D eigenvalue weighted by atomic mass is 16.5. The molecule has 0 aromatic heterocycles. The Kier molecular flexibility index (Phi) is 6.24. The third-order valence-electron chi connectivity index (χ3n) is 2.82. The monoisotopic (exact) mass is 267 g/mol. The molecule has 0 spiro atoms. The van der Waals surface area contributed by atoms with E-state index in [-0.39, 0.29) is 0 Å². The van der Waals surface area contributed by atoms with Crippen LogP contribution >= 0.6 is 0 Å². The predicted molar refractivity (Wildman–Crippen MR) is 86.3 cm³/mol. The Morgan fingerprint density at radius 3 is 2.40 bits per heavy atom. The molecule has 1 aromatic rings. The van der Waals surface area contributed by atoms with E-state index in [4.69, 9.17) is 10.1 Å². The number of benzene rings is 1. The van der Waals surface area contributed by atoms with Crippen molar-refractivity contribution in [1.29, 1.82) is 5.41 Å². The van der Waals surface area contributed by atoms with E-state index in [0.29, 0.717) is 11.5 Å². The van der Waals surface area contributed by atoms with Gasteiger partial charge >= 0.3 is 0 Å². The molecule has 0 heterocycles. The molecule has 20 heavy (non-hydrogen) atoms. The maximum absolute atomic E-state index is 8.03. The Bertz CT molecular complexity index is 550. The van der Waals surface area contributed by atoms with Crippen molar-refractivity contribution in [1.82, 2.24) is 0 Å². The average Bonchev–Trinajstić information content (AvgIpc) is 2.47. The number of nitrogens with one attached hydrogen (secondary N) is 1. The molecule has 0 amide bonds. The largest absolute Gasteiger partial charge is 0.458 e. The van der Waals surface area contributed by atoms with Gasteiger partial charge in [0.05, 0.1) is 5.71 Å². The zero-order chi connectivity index (χ0) is 15.0. The first kappa shape index (κ1) is 15.7. The van der Waals surface area contributed by atoms with E-state index in [0.717, 1.165) is 23.3 Å². The van der Waals surface area contributed by atoms with Crippen LogP contribution in [0.5, 0.6) is 5.75 Å². The average molecular weight is 267 g/mol. The summed E-state index contributed by atoms with van der Waals surface area (Å²) in [6.45, 7) is 11.6. The molecule has 1 rings (SSSR count). The number of hydrogen-bond acceptors (Lipinski definition) is 2. The molecule has 0 fully saturated rings. The number of para-hydroxylation sites is 1. The second-order valence-electron chi connectivity index (χ2n) is 4.29. The maximum atomic E-state index is 8.03. The standard InChI is InChI=1S/C18H21NO/c1-5-14(3)18(19)16(6-2)13-12-15(4)20-17-10-8-7-9-11-17/h6-13,19H,3-5H2,1-2H3/b13-12-,16-6+,19-18?.